The van der Waals surface area contributed by atoms with E-state index >= 15 is 0 Å². The molecule has 1 aromatic rings. The lowest BCUT2D eigenvalue weighted by Gasteiger charge is -2.40. The molecule has 2 N–H and O–H groups in total. The van der Waals surface area contributed by atoms with Gasteiger partial charge < -0.3 is 19.4 Å². The van der Waals surface area contributed by atoms with Gasteiger partial charge in [0.15, 0.2) is 5.76 Å². The summed E-state index contributed by atoms with van der Waals surface area (Å²) in [7, 11) is 0. The monoisotopic (exact) mass is 324 g/mol. The quantitative estimate of drug-likeness (QED) is 0.814. The van der Waals surface area contributed by atoms with Crippen LogP contribution in [0.1, 0.15) is 24.4 Å². The summed E-state index contributed by atoms with van der Waals surface area (Å²) in [5, 5.41) is 19.0. The first-order valence-electron chi connectivity index (χ1n) is 8.17. The van der Waals surface area contributed by atoms with Gasteiger partial charge in [0.05, 0.1) is 6.54 Å². The lowest BCUT2D eigenvalue weighted by atomic mass is 10.1. The van der Waals surface area contributed by atoms with Crippen molar-refractivity contribution in [1.29, 1.82) is 0 Å². The molecule has 2 aliphatic rings. The van der Waals surface area contributed by atoms with Crippen LogP contribution in [-0.4, -0.2) is 65.4 Å². The Morgan fingerprint density at radius 2 is 1.87 bits per heavy atom. The Labute approximate surface area is 135 Å². The third-order valence-electron chi connectivity index (χ3n) is 4.68. The molecule has 2 saturated heterocycles. The van der Waals surface area contributed by atoms with E-state index in [4.69, 9.17) is 14.3 Å². The van der Waals surface area contributed by atoms with Crippen LogP contribution >= 0.6 is 0 Å². The van der Waals surface area contributed by atoms with Crippen molar-refractivity contribution in [2.75, 3.05) is 39.4 Å². The van der Waals surface area contributed by atoms with E-state index in [1.807, 2.05) is 0 Å². The summed E-state index contributed by atoms with van der Waals surface area (Å²) >= 11 is 0. The van der Waals surface area contributed by atoms with Crippen molar-refractivity contribution >= 4 is 0 Å². The number of ether oxygens (including phenoxy) is 1. The number of aliphatic hydroxyl groups is 1. The van der Waals surface area contributed by atoms with Crippen molar-refractivity contribution in [3.8, 4) is 5.75 Å². The molecule has 128 valence electrons. The van der Waals surface area contributed by atoms with Crippen LogP contribution in [-0.2, 0) is 17.9 Å². The average molecular weight is 324 g/mol. The maximum Gasteiger partial charge on any atom is 0.227 e. The lowest BCUT2D eigenvalue weighted by molar-refractivity contribution is 0.0113. The van der Waals surface area contributed by atoms with Gasteiger partial charge in [0, 0.05) is 51.5 Å². The summed E-state index contributed by atoms with van der Waals surface area (Å²) in [4.78, 5) is 16.3. The van der Waals surface area contributed by atoms with E-state index in [-0.39, 0.29) is 23.9 Å². The topological polar surface area (TPSA) is 86.4 Å². The second-order valence-electron chi connectivity index (χ2n) is 6.16. The van der Waals surface area contributed by atoms with Crippen molar-refractivity contribution in [2.24, 2.45) is 0 Å². The van der Waals surface area contributed by atoms with Crippen molar-refractivity contribution < 1.29 is 19.4 Å². The zero-order valence-corrected chi connectivity index (χ0v) is 13.2. The van der Waals surface area contributed by atoms with Crippen LogP contribution in [0.15, 0.2) is 15.3 Å². The van der Waals surface area contributed by atoms with Gasteiger partial charge >= 0.3 is 0 Å². The summed E-state index contributed by atoms with van der Waals surface area (Å²) < 4.78 is 10.8. The molecule has 0 aliphatic carbocycles. The highest BCUT2D eigenvalue weighted by molar-refractivity contribution is 5.24. The van der Waals surface area contributed by atoms with E-state index in [9.17, 15) is 9.90 Å². The molecule has 1 aromatic heterocycles. The summed E-state index contributed by atoms with van der Waals surface area (Å²) in [5.74, 6) is 0.0683. The molecule has 3 heterocycles. The van der Waals surface area contributed by atoms with Gasteiger partial charge in [-0.05, 0) is 12.8 Å². The highest BCUT2D eigenvalue weighted by Gasteiger charge is 2.26. The highest BCUT2D eigenvalue weighted by Crippen LogP contribution is 2.20. The fourth-order valence-electron chi connectivity index (χ4n) is 3.31. The van der Waals surface area contributed by atoms with E-state index in [1.165, 1.54) is 0 Å². The van der Waals surface area contributed by atoms with E-state index in [0.717, 1.165) is 58.3 Å². The molecule has 0 radical (unpaired) electrons. The van der Waals surface area contributed by atoms with Gasteiger partial charge in [-0.2, -0.15) is 0 Å². The molecule has 2 aliphatic heterocycles. The summed E-state index contributed by atoms with van der Waals surface area (Å²) in [5.41, 5.74) is -0.504. The molecule has 0 aromatic carbocycles. The van der Waals surface area contributed by atoms with Crippen molar-refractivity contribution in [3.05, 3.63) is 27.8 Å². The molecule has 0 saturated carbocycles. The smallest absolute Gasteiger partial charge is 0.227 e. The van der Waals surface area contributed by atoms with Gasteiger partial charge in [-0.25, -0.2) is 0 Å². The van der Waals surface area contributed by atoms with Gasteiger partial charge in [-0.1, -0.05) is 0 Å². The molecule has 0 bridgehead atoms. The molecular formula is C16H24N2O5. The Morgan fingerprint density at radius 3 is 2.52 bits per heavy atom. The van der Waals surface area contributed by atoms with Crippen LogP contribution in [0.5, 0.6) is 5.75 Å². The normalized spacial score (nSPS) is 21.6. The number of nitrogens with zero attached hydrogens (tertiary/aromatic N) is 2. The van der Waals surface area contributed by atoms with Crippen molar-refractivity contribution in [2.45, 2.75) is 32.0 Å². The van der Waals surface area contributed by atoms with E-state index < -0.39 is 5.43 Å². The number of rotatable bonds is 4. The van der Waals surface area contributed by atoms with Gasteiger partial charge in [0.1, 0.15) is 12.4 Å². The zero-order chi connectivity index (χ0) is 16.2. The van der Waals surface area contributed by atoms with Gasteiger partial charge in [-0.15, -0.1) is 0 Å². The Kier molecular flexibility index (Phi) is 5.32. The van der Waals surface area contributed by atoms with Crippen LogP contribution in [0, 0.1) is 0 Å². The number of piperazine rings is 1. The first-order chi connectivity index (χ1) is 11.2. The van der Waals surface area contributed by atoms with Gasteiger partial charge in [-0.3, -0.25) is 14.6 Å². The zero-order valence-electron chi connectivity index (χ0n) is 13.2. The SMILES string of the molecule is O=c1cc(CO)oc(CN2CCN(C3CCOCC3)CC2)c1O. The Morgan fingerprint density at radius 1 is 1.17 bits per heavy atom. The number of hydrogen-bond acceptors (Lipinski definition) is 7. The van der Waals surface area contributed by atoms with Crippen LogP contribution in [0.2, 0.25) is 0 Å². The fourth-order valence-corrected chi connectivity index (χ4v) is 3.31. The van der Waals surface area contributed by atoms with Gasteiger partial charge in [0.2, 0.25) is 11.2 Å². The minimum absolute atomic E-state index is 0.184. The fraction of sp³-hybridized carbons (Fsp3) is 0.688. The van der Waals surface area contributed by atoms with Crippen LogP contribution in [0.25, 0.3) is 0 Å². The molecule has 0 atom stereocenters. The molecule has 7 heteroatoms. The maximum atomic E-state index is 11.7. The largest absolute Gasteiger partial charge is 0.502 e. The summed E-state index contributed by atoms with van der Waals surface area (Å²) in [6.07, 6.45) is 2.18. The Balaban J connectivity index is 1.58. The van der Waals surface area contributed by atoms with Crippen LogP contribution in [0.4, 0.5) is 0 Å². The second kappa shape index (κ2) is 7.44. The third kappa shape index (κ3) is 3.92. The van der Waals surface area contributed by atoms with Crippen molar-refractivity contribution in [3.63, 3.8) is 0 Å². The highest BCUT2D eigenvalue weighted by atomic mass is 16.5. The molecule has 3 rings (SSSR count). The standard InChI is InChI=1S/C16H24N2O5/c19-11-13-9-14(20)16(21)15(23-13)10-17-3-5-18(6-4-17)12-1-7-22-8-2-12/h9,12,19,21H,1-8,10-11H2. The molecule has 2 fully saturated rings. The lowest BCUT2D eigenvalue weighted by Crippen LogP contribution is -2.51. The third-order valence-corrected chi connectivity index (χ3v) is 4.68. The van der Waals surface area contributed by atoms with Crippen molar-refractivity contribution in [1.82, 2.24) is 9.80 Å². The number of aromatic hydroxyl groups is 1. The minimum atomic E-state index is -0.504. The predicted octanol–water partition coefficient (Wildman–Crippen LogP) is 0.134. The minimum Gasteiger partial charge on any atom is -0.502 e. The van der Waals surface area contributed by atoms with Crippen LogP contribution < -0.4 is 5.43 Å². The maximum absolute atomic E-state index is 11.7. The number of aliphatic hydroxyl groups excluding tert-OH is 1. The molecule has 0 amide bonds. The second-order valence-corrected chi connectivity index (χ2v) is 6.16. The molecule has 0 unspecified atom stereocenters. The Bertz CT molecular complexity index is 574. The van der Waals surface area contributed by atoms with E-state index in [2.05, 4.69) is 9.80 Å². The Hall–Kier alpha value is -1.41. The first-order valence-corrected chi connectivity index (χ1v) is 8.17. The average Bonchev–Trinajstić information content (AvgIpc) is 2.60. The number of hydrogen-bond donors (Lipinski definition) is 2. The molecule has 7 nitrogen and oxygen atoms in total. The molecular weight excluding hydrogens is 300 g/mol. The summed E-state index contributed by atoms with van der Waals surface area (Å²) in [6, 6.07) is 1.73. The van der Waals surface area contributed by atoms with E-state index in [0.29, 0.717) is 12.6 Å². The predicted molar refractivity (Wildman–Crippen MR) is 83.3 cm³/mol. The van der Waals surface area contributed by atoms with Gasteiger partial charge in [0.25, 0.3) is 0 Å². The van der Waals surface area contributed by atoms with Crippen LogP contribution in [0.3, 0.4) is 0 Å². The first kappa shape index (κ1) is 16.4. The molecule has 0 spiro atoms. The summed E-state index contributed by atoms with van der Waals surface area (Å²) in [6.45, 7) is 5.39. The molecule has 23 heavy (non-hydrogen) atoms. The van der Waals surface area contributed by atoms with E-state index in [1.54, 1.807) is 0 Å².